The number of benzene rings is 1. The van der Waals surface area contributed by atoms with Gasteiger partial charge in [-0.2, -0.15) is 5.26 Å². The minimum Gasteiger partial charge on any atom is -0.374 e. The molecule has 0 aliphatic heterocycles. The summed E-state index contributed by atoms with van der Waals surface area (Å²) in [6.07, 6.45) is 1.91. The van der Waals surface area contributed by atoms with Crippen LogP contribution in [0.5, 0.6) is 0 Å². The van der Waals surface area contributed by atoms with Crippen LogP contribution in [0, 0.1) is 11.3 Å². The number of ether oxygens (including phenoxy) is 1. The minimum atomic E-state index is 0.236. The highest BCUT2D eigenvalue weighted by molar-refractivity contribution is 5.51. The Balaban J connectivity index is 1.93. The summed E-state index contributed by atoms with van der Waals surface area (Å²) in [5, 5.41) is 12.2. The predicted molar refractivity (Wildman–Crippen MR) is 82.6 cm³/mol. The number of nitriles is 1. The lowest BCUT2D eigenvalue weighted by Crippen LogP contribution is -2.04. The van der Waals surface area contributed by atoms with Crippen molar-refractivity contribution < 1.29 is 4.74 Å². The lowest BCUT2D eigenvalue weighted by atomic mass is 10.1. The van der Waals surface area contributed by atoms with E-state index >= 15 is 0 Å². The van der Waals surface area contributed by atoms with Gasteiger partial charge in [-0.25, -0.2) is 4.98 Å². The molecular weight excluding hydrogens is 262 g/mol. The zero-order chi connectivity index (χ0) is 15.1. The van der Waals surface area contributed by atoms with E-state index in [0.29, 0.717) is 24.5 Å². The summed E-state index contributed by atoms with van der Waals surface area (Å²) in [5.74, 6) is 0.618. The molecule has 1 aromatic heterocycles. The van der Waals surface area contributed by atoms with Crippen LogP contribution in [0.4, 0.5) is 5.82 Å². The predicted octanol–water partition coefficient (Wildman–Crippen LogP) is 3.49. The Morgan fingerprint density at radius 1 is 1.19 bits per heavy atom. The Morgan fingerprint density at radius 3 is 2.57 bits per heavy atom. The molecule has 0 spiro atoms. The number of aromatic nitrogens is 1. The third-order valence-corrected chi connectivity index (χ3v) is 2.99. The number of nitrogens with one attached hydrogen (secondary N) is 1. The zero-order valence-corrected chi connectivity index (χ0v) is 12.3. The fourth-order valence-corrected chi connectivity index (χ4v) is 1.84. The maximum absolute atomic E-state index is 9.01. The van der Waals surface area contributed by atoms with Crippen molar-refractivity contribution in [3.63, 3.8) is 0 Å². The monoisotopic (exact) mass is 281 g/mol. The highest BCUT2D eigenvalue weighted by atomic mass is 16.5. The van der Waals surface area contributed by atoms with Crippen molar-refractivity contribution >= 4 is 5.82 Å². The molecule has 1 aromatic carbocycles. The van der Waals surface area contributed by atoms with Gasteiger partial charge in [0, 0.05) is 12.7 Å². The molecule has 4 heteroatoms. The molecule has 2 rings (SSSR count). The van der Waals surface area contributed by atoms with Crippen molar-refractivity contribution in [1.82, 2.24) is 4.98 Å². The normalized spacial score (nSPS) is 10.4. The van der Waals surface area contributed by atoms with Crippen molar-refractivity contribution in [3.05, 3.63) is 59.3 Å². The molecule has 0 amide bonds. The van der Waals surface area contributed by atoms with E-state index in [0.717, 1.165) is 11.1 Å². The van der Waals surface area contributed by atoms with Gasteiger partial charge < -0.3 is 10.1 Å². The quantitative estimate of drug-likeness (QED) is 0.880. The van der Waals surface area contributed by atoms with Crippen LogP contribution in [0.15, 0.2) is 42.6 Å². The van der Waals surface area contributed by atoms with E-state index in [4.69, 9.17) is 10.00 Å². The molecule has 1 heterocycles. The van der Waals surface area contributed by atoms with E-state index in [9.17, 15) is 0 Å². The van der Waals surface area contributed by atoms with E-state index in [1.54, 1.807) is 18.3 Å². The molecule has 0 radical (unpaired) electrons. The van der Waals surface area contributed by atoms with E-state index in [1.807, 2.05) is 13.8 Å². The van der Waals surface area contributed by atoms with Crippen LogP contribution >= 0.6 is 0 Å². The summed E-state index contributed by atoms with van der Waals surface area (Å²) in [6, 6.07) is 13.9. The van der Waals surface area contributed by atoms with Crippen LogP contribution in [-0.4, -0.2) is 11.1 Å². The van der Waals surface area contributed by atoms with Gasteiger partial charge in [0.2, 0.25) is 0 Å². The second kappa shape index (κ2) is 7.41. The van der Waals surface area contributed by atoms with Gasteiger partial charge in [0.15, 0.2) is 0 Å². The van der Waals surface area contributed by atoms with E-state index in [1.165, 1.54) is 0 Å². The van der Waals surface area contributed by atoms with Gasteiger partial charge >= 0.3 is 0 Å². The number of hydrogen-bond acceptors (Lipinski definition) is 4. The van der Waals surface area contributed by atoms with Gasteiger partial charge in [-0.3, -0.25) is 0 Å². The molecule has 21 heavy (non-hydrogen) atoms. The van der Waals surface area contributed by atoms with Crippen LogP contribution in [0.3, 0.4) is 0 Å². The third-order valence-electron chi connectivity index (χ3n) is 2.99. The van der Waals surface area contributed by atoms with Gasteiger partial charge in [0.1, 0.15) is 11.9 Å². The first-order valence-electron chi connectivity index (χ1n) is 6.97. The van der Waals surface area contributed by atoms with Crippen molar-refractivity contribution in [2.75, 3.05) is 5.32 Å². The third kappa shape index (κ3) is 4.59. The number of hydrogen-bond donors (Lipinski definition) is 1. The van der Waals surface area contributed by atoms with Gasteiger partial charge in [0.25, 0.3) is 0 Å². The van der Waals surface area contributed by atoms with Crippen molar-refractivity contribution in [2.24, 2.45) is 0 Å². The van der Waals surface area contributed by atoms with Gasteiger partial charge in [-0.05, 0) is 37.1 Å². The van der Waals surface area contributed by atoms with Crippen molar-refractivity contribution in [3.8, 4) is 6.07 Å². The molecule has 4 nitrogen and oxygen atoms in total. The van der Waals surface area contributed by atoms with Gasteiger partial charge in [-0.1, -0.05) is 24.3 Å². The maximum Gasteiger partial charge on any atom is 0.144 e. The highest BCUT2D eigenvalue weighted by Gasteiger charge is 2.02. The molecule has 108 valence electrons. The lowest BCUT2D eigenvalue weighted by molar-refractivity contribution is 0.0657. The second-order valence-electron chi connectivity index (χ2n) is 5.04. The molecular formula is C17H19N3O. The number of anilines is 1. The number of rotatable bonds is 6. The van der Waals surface area contributed by atoms with Crippen molar-refractivity contribution in [2.45, 2.75) is 33.1 Å². The maximum atomic E-state index is 9.01. The molecule has 1 N–H and O–H groups in total. The summed E-state index contributed by atoms with van der Waals surface area (Å²) in [7, 11) is 0. The Morgan fingerprint density at radius 2 is 1.90 bits per heavy atom. The Labute approximate surface area is 125 Å². The van der Waals surface area contributed by atoms with Crippen LogP contribution in [0.1, 0.15) is 30.5 Å². The van der Waals surface area contributed by atoms with Crippen LogP contribution in [0.25, 0.3) is 0 Å². The Kier molecular flexibility index (Phi) is 5.30. The average Bonchev–Trinajstić information content (AvgIpc) is 2.52. The Bertz CT molecular complexity index is 615. The number of nitrogens with zero attached hydrogens (tertiary/aromatic N) is 2. The largest absolute Gasteiger partial charge is 0.374 e. The summed E-state index contributed by atoms with van der Waals surface area (Å²) in [4.78, 5) is 4.18. The summed E-state index contributed by atoms with van der Waals surface area (Å²) >= 11 is 0. The SMILES string of the molecule is CC(C)OCc1ccc(CNc2ncccc2C#N)cc1. The molecule has 0 unspecified atom stereocenters. The zero-order valence-electron chi connectivity index (χ0n) is 12.3. The van der Waals surface area contributed by atoms with E-state index in [-0.39, 0.29) is 6.10 Å². The topological polar surface area (TPSA) is 57.9 Å². The summed E-state index contributed by atoms with van der Waals surface area (Å²) in [5.41, 5.74) is 2.85. The van der Waals surface area contributed by atoms with Crippen molar-refractivity contribution in [1.29, 1.82) is 5.26 Å². The van der Waals surface area contributed by atoms with Crippen LogP contribution in [-0.2, 0) is 17.9 Å². The summed E-state index contributed by atoms with van der Waals surface area (Å²) < 4.78 is 5.57. The average molecular weight is 281 g/mol. The molecule has 0 saturated heterocycles. The summed E-state index contributed by atoms with van der Waals surface area (Å²) in [6.45, 7) is 5.32. The highest BCUT2D eigenvalue weighted by Crippen LogP contribution is 2.12. The molecule has 2 aromatic rings. The Hall–Kier alpha value is -2.38. The first-order valence-corrected chi connectivity index (χ1v) is 6.97. The first kappa shape index (κ1) is 15.0. The standard InChI is InChI=1S/C17H19N3O/c1-13(2)21-12-15-7-5-14(6-8-15)11-20-17-16(10-18)4-3-9-19-17/h3-9,13H,11-12H2,1-2H3,(H,19,20). The smallest absolute Gasteiger partial charge is 0.144 e. The molecule has 0 aliphatic rings. The molecule has 0 atom stereocenters. The van der Waals surface area contributed by atoms with Gasteiger partial charge in [-0.15, -0.1) is 0 Å². The fraction of sp³-hybridized carbons (Fsp3) is 0.294. The molecule has 0 fully saturated rings. The number of pyridine rings is 1. The lowest BCUT2D eigenvalue weighted by Gasteiger charge is -2.09. The van der Waals surface area contributed by atoms with E-state index < -0.39 is 0 Å². The second-order valence-corrected chi connectivity index (χ2v) is 5.04. The van der Waals surface area contributed by atoms with E-state index in [2.05, 4.69) is 40.6 Å². The molecule has 0 bridgehead atoms. The van der Waals surface area contributed by atoms with Crippen LogP contribution < -0.4 is 5.32 Å². The van der Waals surface area contributed by atoms with Crippen LogP contribution in [0.2, 0.25) is 0 Å². The molecule has 0 saturated carbocycles. The fourth-order valence-electron chi connectivity index (χ4n) is 1.84. The van der Waals surface area contributed by atoms with Gasteiger partial charge in [0.05, 0.1) is 18.3 Å². The molecule has 0 aliphatic carbocycles. The minimum absolute atomic E-state index is 0.236. The first-order chi connectivity index (χ1) is 10.2.